The molecule has 1 atom stereocenters. The molecule has 0 heterocycles. The number of nitrogens with one attached hydrogen (secondary N) is 2. The van der Waals surface area contributed by atoms with Crippen molar-refractivity contribution in [1.29, 1.82) is 0 Å². The van der Waals surface area contributed by atoms with Gasteiger partial charge in [-0.05, 0) is 74.0 Å². The highest BCUT2D eigenvalue weighted by Gasteiger charge is 2.41. The van der Waals surface area contributed by atoms with Gasteiger partial charge in [0.2, 0.25) is 5.91 Å². The van der Waals surface area contributed by atoms with E-state index in [1.807, 2.05) is 0 Å². The minimum Gasteiger partial charge on any atom is -0.466 e. The first-order chi connectivity index (χ1) is 15.8. The van der Waals surface area contributed by atoms with E-state index in [9.17, 15) is 18.4 Å². The number of amides is 1. The second kappa shape index (κ2) is 10.3. The smallest absolute Gasteiger partial charge is 0.334 e. The molecule has 0 radical (unpaired) electrons. The highest BCUT2D eigenvalue weighted by Crippen LogP contribution is 2.40. The zero-order valence-corrected chi connectivity index (χ0v) is 18.2. The van der Waals surface area contributed by atoms with Gasteiger partial charge < -0.3 is 26.8 Å². The van der Waals surface area contributed by atoms with Crippen LogP contribution in [0.4, 0.5) is 20.2 Å². The van der Waals surface area contributed by atoms with Crippen molar-refractivity contribution < 1.29 is 23.1 Å². The summed E-state index contributed by atoms with van der Waals surface area (Å²) in [7, 11) is 1.22. The molecule has 1 aliphatic rings. The summed E-state index contributed by atoms with van der Waals surface area (Å²) in [5.41, 5.74) is 12.2. The van der Waals surface area contributed by atoms with Crippen LogP contribution in [0.15, 0.2) is 71.5 Å². The van der Waals surface area contributed by atoms with Crippen LogP contribution in [-0.4, -0.2) is 31.1 Å². The van der Waals surface area contributed by atoms with E-state index in [4.69, 9.17) is 16.2 Å². The van der Waals surface area contributed by atoms with Crippen LogP contribution in [0.3, 0.4) is 0 Å². The Balaban J connectivity index is 2.15. The molecule has 0 bridgehead atoms. The number of carbonyl (C=O) groups is 2. The molecule has 1 aliphatic carbocycles. The first kappa shape index (κ1) is 23.9. The Morgan fingerprint density at radius 2 is 1.61 bits per heavy atom. The molecule has 3 rings (SSSR count). The van der Waals surface area contributed by atoms with Crippen molar-refractivity contribution in [2.24, 2.45) is 11.5 Å². The minimum absolute atomic E-state index is 0.00995. The van der Waals surface area contributed by atoms with Crippen LogP contribution >= 0.6 is 0 Å². The van der Waals surface area contributed by atoms with Gasteiger partial charge in [0.1, 0.15) is 11.6 Å². The van der Waals surface area contributed by atoms with Gasteiger partial charge in [-0.2, -0.15) is 0 Å². The van der Waals surface area contributed by atoms with E-state index in [0.29, 0.717) is 36.5 Å². The zero-order chi connectivity index (χ0) is 24.0. The Bertz CT molecular complexity index is 1080. The van der Waals surface area contributed by atoms with Gasteiger partial charge in [-0.25, -0.2) is 13.6 Å². The van der Waals surface area contributed by atoms with Crippen molar-refractivity contribution in [2.75, 3.05) is 24.3 Å². The lowest BCUT2D eigenvalue weighted by Crippen LogP contribution is -2.47. The minimum atomic E-state index is -0.950. The van der Waals surface area contributed by atoms with Crippen molar-refractivity contribution in [3.63, 3.8) is 0 Å². The fraction of sp³-hybridized carbons (Fsp3) is 0.250. The maximum Gasteiger partial charge on any atom is 0.334 e. The van der Waals surface area contributed by atoms with E-state index >= 15 is 0 Å². The summed E-state index contributed by atoms with van der Waals surface area (Å²) in [6.07, 6.45) is 2.56. The number of carbonyl (C=O) groups excluding carboxylic acids is 2. The molecular weight excluding hydrogens is 430 g/mol. The maximum atomic E-state index is 13.5. The second-order valence-electron chi connectivity index (χ2n) is 7.72. The lowest BCUT2D eigenvalue weighted by atomic mass is 9.76. The molecule has 2 aromatic carbocycles. The van der Waals surface area contributed by atoms with Crippen LogP contribution in [0.5, 0.6) is 0 Å². The first-order valence-corrected chi connectivity index (χ1v) is 10.4. The van der Waals surface area contributed by atoms with E-state index in [0.717, 1.165) is 0 Å². The van der Waals surface area contributed by atoms with Gasteiger partial charge in [-0.1, -0.05) is 0 Å². The van der Waals surface area contributed by atoms with Crippen molar-refractivity contribution in [1.82, 2.24) is 0 Å². The molecule has 0 saturated heterocycles. The van der Waals surface area contributed by atoms with Gasteiger partial charge in [0.25, 0.3) is 0 Å². The van der Waals surface area contributed by atoms with Crippen molar-refractivity contribution in [3.05, 3.63) is 83.1 Å². The number of rotatable bonds is 9. The fourth-order valence-electron chi connectivity index (χ4n) is 3.84. The number of benzene rings is 2. The Labute approximate surface area is 190 Å². The predicted octanol–water partition coefficient (Wildman–Crippen LogP) is 3.21. The lowest BCUT2D eigenvalue weighted by molar-refractivity contribution is -0.136. The average molecular weight is 456 g/mol. The summed E-state index contributed by atoms with van der Waals surface area (Å²) in [4.78, 5) is 24.8. The monoisotopic (exact) mass is 456 g/mol. The normalized spacial score (nSPS) is 17.9. The Hall–Kier alpha value is -3.72. The van der Waals surface area contributed by atoms with E-state index in [1.54, 1.807) is 24.3 Å². The number of halogens is 2. The van der Waals surface area contributed by atoms with Gasteiger partial charge in [0, 0.05) is 23.5 Å². The van der Waals surface area contributed by atoms with Crippen LogP contribution in [0, 0.1) is 11.6 Å². The summed E-state index contributed by atoms with van der Waals surface area (Å²) in [6, 6.07) is 11.4. The average Bonchev–Trinajstić information content (AvgIpc) is 2.81. The molecule has 0 aliphatic heterocycles. The van der Waals surface area contributed by atoms with Crippen LogP contribution in [0.25, 0.3) is 0 Å². The summed E-state index contributed by atoms with van der Waals surface area (Å²) in [5.74, 6) is -2.27. The topological polar surface area (TPSA) is 119 Å². The predicted molar refractivity (Wildman–Crippen MR) is 122 cm³/mol. The van der Waals surface area contributed by atoms with Crippen molar-refractivity contribution >= 4 is 23.3 Å². The Morgan fingerprint density at radius 1 is 1.03 bits per heavy atom. The molecular formula is C24H26F2N4O3. The summed E-state index contributed by atoms with van der Waals surface area (Å²) >= 11 is 0. The molecule has 0 aromatic heterocycles. The third-order valence-corrected chi connectivity index (χ3v) is 5.46. The van der Waals surface area contributed by atoms with E-state index < -0.39 is 29.0 Å². The van der Waals surface area contributed by atoms with Gasteiger partial charge in [-0.3, -0.25) is 4.79 Å². The molecule has 33 heavy (non-hydrogen) atoms. The van der Waals surface area contributed by atoms with E-state index in [2.05, 4.69) is 10.6 Å². The lowest BCUT2D eigenvalue weighted by Gasteiger charge is -2.41. The third-order valence-electron chi connectivity index (χ3n) is 5.46. The van der Waals surface area contributed by atoms with Gasteiger partial charge >= 0.3 is 5.97 Å². The molecule has 0 spiro atoms. The Kier molecular flexibility index (Phi) is 7.44. The molecule has 2 aromatic rings. The van der Waals surface area contributed by atoms with Gasteiger partial charge in [0.15, 0.2) is 0 Å². The summed E-state index contributed by atoms with van der Waals surface area (Å²) in [6.45, 7) is 0.372. The Morgan fingerprint density at radius 3 is 2.12 bits per heavy atom. The van der Waals surface area contributed by atoms with Gasteiger partial charge in [-0.15, -0.1) is 0 Å². The molecule has 0 saturated carbocycles. The first-order valence-electron chi connectivity index (χ1n) is 10.4. The number of hydrogen-bond donors (Lipinski definition) is 4. The van der Waals surface area contributed by atoms with E-state index in [1.165, 1.54) is 37.5 Å². The quantitative estimate of drug-likeness (QED) is 0.430. The molecule has 1 unspecified atom stereocenters. The summed E-state index contributed by atoms with van der Waals surface area (Å²) < 4.78 is 31.8. The number of methoxy groups -OCH3 is 1. The maximum absolute atomic E-state index is 13.5. The van der Waals surface area contributed by atoms with Gasteiger partial charge in [0.05, 0.1) is 23.8 Å². The highest BCUT2D eigenvalue weighted by molar-refractivity contribution is 6.05. The fourth-order valence-corrected chi connectivity index (χ4v) is 3.84. The number of esters is 1. The summed E-state index contributed by atoms with van der Waals surface area (Å²) in [5, 5.41) is 6.61. The van der Waals surface area contributed by atoms with Crippen LogP contribution in [0.1, 0.15) is 19.3 Å². The third kappa shape index (κ3) is 5.56. The number of hydrogen-bond acceptors (Lipinski definition) is 6. The number of ether oxygens (including phenoxy) is 1. The SMILES string of the molecule is COC(=O)C1=C(C(N)=O)C=C(Nc2ccc(F)cc2)C(CCCN)(Nc2ccc(F)cc2)C1. The standard InChI is InChI=1S/C24H26F2N4O3/c1-33-23(32)20-14-24(11-2-12-27,30-18-9-5-16(26)6-10-18)21(13-19(20)22(28)31)29-17-7-3-15(25)4-8-17/h3-10,13,29-30H,2,11-12,14,27H2,1H3,(H2,28,31). The van der Waals surface area contributed by atoms with Crippen molar-refractivity contribution in [3.8, 4) is 0 Å². The van der Waals surface area contributed by atoms with Crippen LogP contribution < -0.4 is 22.1 Å². The van der Waals surface area contributed by atoms with E-state index in [-0.39, 0.29) is 17.6 Å². The van der Waals surface area contributed by atoms with Crippen LogP contribution in [-0.2, 0) is 14.3 Å². The second-order valence-corrected chi connectivity index (χ2v) is 7.72. The molecule has 9 heteroatoms. The number of anilines is 2. The molecule has 7 nitrogen and oxygen atoms in total. The van der Waals surface area contributed by atoms with Crippen molar-refractivity contribution in [2.45, 2.75) is 24.8 Å². The van der Waals surface area contributed by atoms with Crippen LogP contribution in [0.2, 0.25) is 0 Å². The largest absolute Gasteiger partial charge is 0.466 e. The zero-order valence-electron chi connectivity index (χ0n) is 18.2. The number of nitrogens with two attached hydrogens (primary N) is 2. The molecule has 1 amide bonds. The molecule has 6 N–H and O–H groups in total. The molecule has 0 fully saturated rings. The molecule has 174 valence electrons. The number of primary amides is 1. The highest BCUT2D eigenvalue weighted by atomic mass is 19.1.